The summed E-state index contributed by atoms with van der Waals surface area (Å²) in [4.78, 5) is 0. The van der Waals surface area contributed by atoms with E-state index in [1.54, 1.807) is 0 Å². The molecule has 0 aromatic heterocycles. The normalized spacial score (nSPS) is 15.3. The van der Waals surface area contributed by atoms with Crippen molar-refractivity contribution < 1.29 is 5.11 Å². The van der Waals surface area contributed by atoms with E-state index in [-0.39, 0.29) is 12.1 Å². The predicted octanol–water partition coefficient (Wildman–Crippen LogP) is 1.33. The molecule has 2 atom stereocenters. The molecule has 3 N–H and O–H groups in total. The molecule has 13 heavy (non-hydrogen) atoms. The van der Waals surface area contributed by atoms with Gasteiger partial charge in [0.15, 0.2) is 0 Å². The van der Waals surface area contributed by atoms with E-state index in [0.29, 0.717) is 12.8 Å². The van der Waals surface area contributed by atoms with Gasteiger partial charge in [0.05, 0.1) is 6.10 Å². The smallest absolute Gasteiger partial charge is 0.0595 e. The summed E-state index contributed by atoms with van der Waals surface area (Å²) in [5.74, 6) is 0. The Balaban J connectivity index is 2.41. The van der Waals surface area contributed by atoms with Crippen molar-refractivity contribution in [2.75, 3.05) is 0 Å². The van der Waals surface area contributed by atoms with Crippen LogP contribution in [0.25, 0.3) is 0 Å². The van der Waals surface area contributed by atoms with E-state index in [0.717, 1.165) is 5.56 Å². The van der Waals surface area contributed by atoms with Crippen LogP contribution in [0.15, 0.2) is 30.3 Å². The number of nitrogens with two attached hydrogens (primary N) is 1. The molecule has 0 unspecified atom stereocenters. The van der Waals surface area contributed by atoms with E-state index in [9.17, 15) is 5.11 Å². The number of aliphatic hydroxyl groups excluding tert-OH is 1. The lowest BCUT2D eigenvalue weighted by Gasteiger charge is -2.12. The molecule has 0 radical (unpaired) electrons. The van der Waals surface area contributed by atoms with Crippen molar-refractivity contribution in [2.24, 2.45) is 5.73 Å². The summed E-state index contributed by atoms with van der Waals surface area (Å²) < 4.78 is 0. The quantitative estimate of drug-likeness (QED) is 0.732. The molecule has 1 aromatic carbocycles. The lowest BCUT2D eigenvalue weighted by Crippen LogP contribution is -2.24. The molecule has 2 heteroatoms. The summed E-state index contributed by atoms with van der Waals surface area (Å²) in [7, 11) is 0. The predicted molar refractivity (Wildman–Crippen MR) is 54.4 cm³/mol. The van der Waals surface area contributed by atoms with E-state index in [1.807, 2.05) is 37.3 Å². The molecule has 72 valence electrons. The van der Waals surface area contributed by atoms with Gasteiger partial charge in [-0.3, -0.25) is 0 Å². The van der Waals surface area contributed by atoms with Crippen LogP contribution >= 0.6 is 0 Å². The summed E-state index contributed by atoms with van der Waals surface area (Å²) in [6, 6.07) is 10.0. The zero-order valence-corrected chi connectivity index (χ0v) is 7.98. The van der Waals surface area contributed by atoms with Crippen LogP contribution in [-0.4, -0.2) is 17.3 Å². The molecule has 0 saturated carbocycles. The molecule has 0 amide bonds. The molecule has 0 heterocycles. The summed E-state index contributed by atoms with van der Waals surface area (Å²) in [5, 5.41) is 9.59. The van der Waals surface area contributed by atoms with E-state index in [4.69, 9.17) is 5.73 Å². The van der Waals surface area contributed by atoms with Crippen LogP contribution in [0.3, 0.4) is 0 Å². The molecule has 0 bridgehead atoms. The van der Waals surface area contributed by atoms with Gasteiger partial charge in [0.1, 0.15) is 0 Å². The Morgan fingerprint density at radius 3 is 2.46 bits per heavy atom. The molecular weight excluding hydrogens is 162 g/mol. The second-order valence-electron chi connectivity index (χ2n) is 3.56. The second kappa shape index (κ2) is 5.00. The van der Waals surface area contributed by atoms with Gasteiger partial charge < -0.3 is 10.8 Å². The zero-order chi connectivity index (χ0) is 9.68. The number of benzene rings is 1. The van der Waals surface area contributed by atoms with E-state index in [1.165, 1.54) is 0 Å². The van der Waals surface area contributed by atoms with Crippen LogP contribution in [0.5, 0.6) is 0 Å². The fraction of sp³-hybridized carbons (Fsp3) is 0.455. The third kappa shape index (κ3) is 4.06. The fourth-order valence-electron chi connectivity index (χ4n) is 1.40. The van der Waals surface area contributed by atoms with Gasteiger partial charge in [-0.1, -0.05) is 30.3 Å². The molecule has 2 nitrogen and oxygen atoms in total. The Labute approximate surface area is 79.4 Å². The molecule has 0 aliphatic carbocycles. The lowest BCUT2D eigenvalue weighted by molar-refractivity contribution is 0.158. The van der Waals surface area contributed by atoms with Gasteiger partial charge in [-0.25, -0.2) is 0 Å². The Bertz CT molecular complexity index is 233. The molecule has 0 aliphatic heterocycles. The maximum Gasteiger partial charge on any atom is 0.0595 e. The van der Waals surface area contributed by atoms with Crippen molar-refractivity contribution in [3.05, 3.63) is 35.9 Å². The monoisotopic (exact) mass is 179 g/mol. The Morgan fingerprint density at radius 2 is 1.92 bits per heavy atom. The molecular formula is C11H17NO. The van der Waals surface area contributed by atoms with Crippen molar-refractivity contribution in [1.82, 2.24) is 0 Å². The van der Waals surface area contributed by atoms with Crippen molar-refractivity contribution >= 4 is 0 Å². The first-order chi connectivity index (χ1) is 6.18. The maximum absolute atomic E-state index is 9.59. The molecule has 1 rings (SSSR count). The van der Waals surface area contributed by atoms with Gasteiger partial charge in [-0.2, -0.15) is 0 Å². The van der Waals surface area contributed by atoms with Crippen molar-refractivity contribution in [2.45, 2.75) is 31.9 Å². The Hall–Kier alpha value is -0.860. The zero-order valence-electron chi connectivity index (χ0n) is 7.98. The average molecular weight is 179 g/mol. The van der Waals surface area contributed by atoms with Crippen molar-refractivity contribution in [3.63, 3.8) is 0 Å². The topological polar surface area (TPSA) is 46.2 Å². The highest BCUT2D eigenvalue weighted by Crippen LogP contribution is 2.06. The van der Waals surface area contributed by atoms with Gasteiger partial charge >= 0.3 is 0 Å². The minimum absolute atomic E-state index is 0.0683. The summed E-state index contributed by atoms with van der Waals surface area (Å²) >= 11 is 0. The van der Waals surface area contributed by atoms with Crippen molar-refractivity contribution in [1.29, 1.82) is 0 Å². The van der Waals surface area contributed by atoms with Crippen LogP contribution in [0, 0.1) is 0 Å². The Morgan fingerprint density at radius 1 is 1.31 bits per heavy atom. The molecule has 0 fully saturated rings. The van der Waals surface area contributed by atoms with Gasteiger partial charge in [0, 0.05) is 6.04 Å². The summed E-state index contributed by atoms with van der Waals surface area (Å²) in [6.45, 7) is 1.91. The van der Waals surface area contributed by atoms with E-state index >= 15 is 0 Å². The van der Waals surface area contributed by atoms with Crippen LogP contribution in [0.1, 0.15) is 18.9 Å². The Kier molecular flexibility index (Phi) is 3.93. The van der Waals surface area contributed by atoms with Gasteiger partial charge in [-0.15, -0.1) is 0 Å². The van der Waals surface area contributed by atoms with E-state index < -0.39 is 0 Å². The first-order valence-electron chi connectivity index (χ1n) is 4.66. The molecule has 0 spiro atoms. The first kappa shape index (κ1) is 10.2. The largest absolute Gasteiger partial charge is 0.393 e. The highest BCUT2D eigenvalue weighted by atomic mass is 16.3. The number of rotatable bonds is 4. The SMILES string of the molecule is C[C@H](N)C[C@H](O)Cc1ccccc1. The maximum atomic E-state index is 9.59. The van der Waals surface area contributed by atoms with Crippen molar-refractivity contribution in [3.8, 4) is 0 Å². The molecule has 0 aliphatic rings. The van der Waals surface area contributed by atoms with Gasteiger partial charge in [0.25, 0.3) is 0 Å². The molecule has 0 saturated heterocycles. The summed E-state index contributed by atoms with van der Waals surface area (Å²) in [6.07, 6.45) is 1.04. The number of hydrogen-bond acceptors (Lipinski definition) is 2. The van der Waals surface area contributed by atoms with Crippen LogP contribution in [-0.2, 0) is 6.42 Å². The first-order valence-corrected chi connectivity index (χ1v) is 4.66. The number of hydrogen-bond donors (Lipinski definition) is 2. The van der Waals surface area contributed by atoms with Gasteiger partial charge in [-0.05, 0) is 25.3 Å². The van der Waals surface area contributed by atoms with E-state index in [2.05, 4.69) is 0 Å². The standard InChI is InChI=1S/C11H17NO/c1-9(12)7-11(13)8-10-5-3-2-4-6-10/h2-6,9,11,13H,7-8,12H2,1H3/t9-,11-/m0/s1. The highest BCUT2D eigenvalue weighted by Gasteiger charge is 2.07. The lowest BCUT2D eigenvalue weighted by atomic mass is 10.0. The van der Waals surface area contributed by atoms with Crippen LogP contribution in [0.2, 0.25) is 0 Å². The summed E-state index contributed by atoms with van der Waals surface area (Å²) in [5.41, 5.74) is 6.75. The molecule has 1 aromatic rings. The van der Waals surface area contributed by atoms with Gasteiger partial charge in [0.2, 0.25) is 0 Å². The fourth-order valence-corrected chi connectivity index (χ4v) is 1.40. The number of aliphatic hydroxyl groups is 1. The van der Waals surface area contributed by atoms with Crippen LogP contribution in [0.4, 0.5) is 0 Å². The third-order valence-corrected chi connectivity index (χ3v) is 1.96. The highest BCUT2D eigenvalue weighted by molar-refractivity contribution is 5.15. The van der Waals surface area contributed by atoms with Crippen LogP contribution < -0.4 is 5.73 Å². The third-order valence-electron chi connectivity index (χ3n) is 1.96. The average Bonchev–Trinajstić information content (AvgIpc) is 2.04. The minimum atomic E-state index is -0.317. The second-order valence-corrected chi connectivity index (χ2v) is 3.56. The minimum Gasteiger partial charge on any atom is -0.393 e.